The number of rotatable bonds is 3. The topological polar surface area (TPSA) is 41.6 Å². The molecule has 0 spiro atoms. The van der Waals surface area contributed by atoms with Crippen LogP contribution in [0.15, 0.2) is 23.1 Å². The van der Waals surface area contributed by atoms with Crippen LogP contribution in [0, 0.1) is 6.92 Å². The molecule has 0 aliphatic rings. The lowest BCUT2D eigenvalue weighted by molar-refractivity contribution is 1.06. The third-order valence-electron chi connectivity index (χ3n) is 1.66. The van der Waals surface area contributed by atoms with Gasteiger partial charge in [0.25, 0.3) is 0 Å². The summed E-state index contributed by atoms with van der Waals surface area (Å²) >= 11 is 3.40. The quantitative estimate of drug-likeness (QED) is 0.793. The first-order valence-corrected chi connectivity index (χ1v) is 5.74. The number of nitrogens with zero attached hydrogens (tertiary/aromatic N) is 2. The SMILES string of the molecule is Cc1ncsc1CSc1ncc[nH]1. The number of thioether (sulfide) groups is 1. The van der Waals surface area contributed by atoms with Crippen molar-refractivity contribution in [3.05, 3.63) is 28.5 Å². The first-order chi connectivity index (χ1) is 6.36. The Hall–Kier alpha value is -0.810. The highest BCUT2D eigenvalue weighted by Gasteiger charge is 2.02. The minimum atomic E-state index is 0.948. The highest BCUT2D eigenvalue weighted by molar-refractivity contribution is 7.98. The van der Waals surface area contributed by atoms with Gasteiger partial charge in [-0.05, 0) is 6.92 Å². The lowest BCUT2D eigenvalue weighted by atomic mass is 10.4. The first kappa shape index (κ1) is 8.77. The van der Waals surface area contributed by atoms with Gasteiger partial charge in [0, 0.05) is 23.0 Å². The lowest BCUT2D eigenvalue weighted by Gasteiger charge is -1.95. The van der Waals surface area contributed by atoms with Crippen molar-refractivity contribution in [2.45, 2.75) is 17.8 Å². The van der Waals surface area contributed by atoms with Gasteiger partial charge in [-0.2, -0.15) is 0 Å². The van der Waals surface area contributed by atoms with Crippen LogP contribution in [0.25, 0.3) is 0 Å². The molecule has 3 nitrogen and oxygen atoms in total. The van der Waals surface area contributed by atoms with Gasteiger partial charge in [0.2, 0.25) is 0 Å². The third-order valence-corrected chi connectivity index (χ3v) is 3.71. The summed E-state index contributed by atoms with van der Waals surface area (Å²) in [6, 6.07) is 0. The van der Waals surface area contributed by atoms with Gasteiger partial charge in [0.05, 0.1) is 11.2 Å². The number of hydrogen-bond donors (Lipinski definition) is 1. The summed E-state index contributed by atoms with van der Waals surface area (Å²) in [6.07, 6.45) is 3.60. The summed E-state index contributed by atoms with van der Waals surface area (Å²) in [6.45, 7) is 2.04. The normalized spacial score (nSPS) is 10.5. The maximum absolute atomic E-state index is 4.19. The van der Waals surface area contributed by atoms with E-state index in [1.165, 1.54) is 4.88 Å². The zero-order valence-corrected chi connectivity index (χ0v) is 8.78. The highest BCUT2D eigenvalue weighted by atomic mass is 32.2. The number of H-pyrrole nitrogens is 1. The summed E-state index contributed by atoms with van der Waals surface area (Å²) in [5.74, 6) is 0.948. The van der Waals surface area contributed by atoms with E-state index < -0.39 is 0 Å². The molecule has 0 amide bonds. The Balaban J connectivity index is 1.97. The summed E-state index contributed by atoms with van der Waals surface area (Å²) in [4.78, 5) is 12.7. The van der Waals surface area contributed by atoms with Crippen molar-refractivity contribution in [1.82, 2.24) is 15.0 Å². The van der Waals surface area contributed by atoms with E-state index >= 15 is 0 Å². The van der Waals surface area contributed by atoms with Crippen molar-refractivity contribution in [2.24, 2.45) is 0 Å². The third kappa shape index (κ3) is 2.10. The first-order valence-electron chi connectivity index (χ1n) is 3.87. The highest BCUT2D eigenvalue weighted by Crippen LogP contribution is 2.23. The van der Waals surface area contributed by atoms with Crippen LogP contribution in [0.1, 0.15) is 10.6 Å². The lowest BCUT2D eigenvalue weighted by Crippen LogP contribution is -1.81. The molecule has 0 saturated carbocycles. The van der Waals surface area contributed by atoms with Gasteiger partial charge in [-0.25, -0.2) is 9.97 Å². The number of nitrogens with one attached hydrogen (secondary N) is 1. The van der Waals surface area contributed by atoms with Crippen LogP contribution in [-0.2, 0) is 5.75 Å². The van der Waals surface area contributed by atoms with E-state index in [-0.39, 0.29) is 0 Å². The van der Waals surface area contributed by atoms with Crippen molar-refractivity contribution >= 4 is 23.1 Å². The largest absolute Gasteiger partial charge is 0.340 e. The number of aromatic nitrogens is 3. The van der Waals surface area contributed by atoms with Crippen LogP contribution in [0.2, 0.25) is 0 Å². The summed E-state index contributed by atoms with van der Waals surface area (Å²) < 4.78 is 0. The number of hydrogen-bond acceptors (Lipinski definition) is 4. The Kier molecular flexibility index (Phi) is 2.65. The molecule has 0 aliphatic heterocycles. The molecule has 5 heteroatoms. The maximum atomic E-state index is 4.19. The molecule has 0 aromatic carbocycles. The Morgan fingerprint density at radius 3 is 3.08 bits per heavy atom. The fourth-order valence-corrected chi connectivity index (χ4v) is 2.70. The molecule has 0 saturated heterocycles. The Labute approximate surface area is 84.6 Å². The Morgan fingerprint density at radius 1 is 1.54 bits per heavy atom. The van der Waals surface area contributed by atoms with E-state index in [4.69, 9.17) is 0 Å². The zero-order chi connectivity index (χ0) is 9.10. The summed E-state index contributed by atoms with van der Waals surface area (Å²) in [7, 11) is 0. The second-order valence-electron chi connectivity index (χ2n) is 2.54. The second-order valence-corrected chi connectivity index (χ2v) is 4.45. The number of aromatic amines is 1. The summed E-state index contributed by atoms with van der Waals surface area (Å²) in [5, 5.41) is 0.966. The van der Waals surface area contributed by atoms with E-state index in [9.17, 15) is 0 Å². The Morgan fingerprint density at radius 2 is 2.46 bits per heavy atom. The average Bonchev–Trinajstić information content (AvgIpc) is 2.72. The van der Waals surface area contributed by atoms with Gasteiger partial charge in [0.15, 0.2) is 5.16 Å². The molecule has 0 bridgehead atoms. The van der Waals surface area contributed by atoms with Gasteiger partial charge >= 0.3 is 0 Å². The predicted molar refractivity (Wildman–Crippen MR) is 55.0 cm³/mol. The molecule has 2 heterocycles. The molecule has 68 valence electrons. The van der Waals surface area contributed by atoms with Crippen LogP contribution in [0.3, 0.4) is 0 Å². The minimum absolute atomic E-state index is 0.948. The summed E-state index contributed by atoms with van der Waals surface area (Å²) in [5.41, 5.74) is 3.01. The van der Waals surface area contributed by atoms with Crippen molar-refractivity contribution in [1.29, 1.82) is 0 Å². The van der Waals surface area contributed by atoms with E-state index in [1.54, 1.807) is 29.3 Å². The van der Waals surface area contributed by atoms with Crippen molar-refractivity contribution in [3.63, 3.8) is 0 Å². The number of thiazole rings is 1. The predicted octanol–water partition coefficient (Wildman–Crippen LogP) is 2.47. The molecular formula is C8H9N3S2. The van der Waals surface area contributed by atoms with E-state index in [1.807, 2.05) is 18.6 Å². The fourth-order valence-electron chi connectivity index (χ4n) is 0.928. The van der Waals surface area contributed by atoms with E-state index in [0.717, 1.165) is 16.6 Å². The van der Waals surface area contributed by atoms with Crippen LogP contribution >= 0.6 is 23.1 Å². The van der Waals surface area contributed by atoms with E-state index in [2.05, 4.69) is 15.0 Å². The fraction of sp³-hybridized carbons (Fsp3) is 0.250. The molecule has 0 fully saturated rings. The van der Waals surface area contributed by atoms with Gasteiger partial charge in [-0.3, -0.25) is 0 Å². The van der Waals surface area contributed by atoms with Crippen LogP contribution in [0.4, 0.5) is 0 Å². The van der Waals surface area contributed by atoms with Crippen molar-refractivity contribution in [3.8, 4) is 0 Å². The standard InChI is InChI=1S/C8H9N3S2/c1-6-7(13-5-11-6)4-12-8-9-2-3-10-8/h2-3,5H,4H2,1H3,(H,9,10). The van der Waals surface area contributed by atoms with Crippen LogP contribution < -0.4 is 0 Å². The zero-order valence-electron chi connectivity index (χ0n) is 7.15. The van der Waals surface area contributed by atoms with Crippen LogP contribution in [0.5, 0.6) is 0 Å². The van der Waals surface area contributed by atoms with Gasteiger partial charge in [0.1, 0.15) is 0 Å². The monoisotopic (exact) mass is 211 g/mol. The number of aryl methyl sites for hydroxylation is 1. The van der Waals surface area contributed by atoms with Gasteiger partial charge in [-0.1, -0.05) is 11.8 Å². The second kappa shape index (κ2) is 3.93. The smallest absolute Gasteiger partial charge is 0.165 e. The Bertz CT molecular complexity index is 366. The van der Waals surface area contributed by atoms with E-state index in [0.29, 0.717) is 0 Å². The molecule has 2 rings (SSSR count). The van der Waals surface area contributed by atoms with Gasteiger partial charge in [-0.15, -0.1) is 11.3 Å². The average molecular weight is 211 g/mol. The number of imidazole rings is 1. The van der Waals surface area contributed by atoms with Crippen molar-refractivity contribution < 1.29 is 0 Å². The molecule has 2 aromatic rings. The molecule has 2 aromatic heterocycles. The minimum Gasteiger partial charge on any atom is -0.340 e. The maximum Gasteiger partial charge on any atom is 0.165 e. The van der Waals surface area contributed by atoms with Gasteiger partial charge < -0.3 is 4.98 Å². The molecule has 13 heavy (non-hydrogen) atoms. The van der Waals surface area contributed by atoms with Crippen LogP contribution in [-0.4, -0.2) is 15.0 Å². The van der Waals surface area contributed by atoms with Crippen molar-refractivity contribution in [2.75, 3.05) is 0 Å². The molecule has 0 aliphatic carbocycles. The molecular weight excluding hydrogens is 202 g/mol. The molecule has 0 atom stereocenters. The molecule has 0 radical (unpaired) electrons. The molecule has 0 unspecified atom stereocenters. The molecule has 1 N–H and O–H groups in total.